The molecule has 0 unspecified atom stereocenters. The maximum Gasteiger partial charge on any atom is 0.185 e. The summed E-state index contributed by atoms with van der Waals surface area (Å²) >= 11 is 0. The normalized spacial score (nSPS) is 15.1. The van der Waals surface area contributed by atoms with Crippen LogP contribution >= 0.6 is 0 Å². The summed E-state index contributed by atoms with van der Waals surface area (Å²) in [5.74, 6) is 0. The highest BCUT2D eigenvalue weighted by Gasteiger charge is 2.65. The highest BCUT2D eigenvalue weighted by molar-refractivity contribution is 7.27. The minimum Gasteiger partial charge on any atom is -0.310 e. The van der Waals surface area contributed by atoms with Gasteiger partial charge in [-0.25, -0.2) is 0 Å². The summed E-state index contributed by atoms with van der Waals surface area (Å²) in [5.41, 5.74) is 36.9. The molecule has 12 aromatic rings. The molecule has 0 atom stereocenters. The number of hydrogen-bond acceptors (Lipinski definition) is 1. The molecule has 1 aliphatic carbocycles. The minimum atomic E-state index is -3.41. The highest BCUT2D eigenvalue weighted by atomic mass is 28.3. The lowest BCUT2D eigenvalue weighted by atomic mass is 9.63. The lowest BCUT2D eigenvalue weighted by molar-refractivity contribution is 0.755. The first kappa shape index (κ1) is 49.3. The zero-order valence-electron chi connectivity index (χ0n) is 49.7. The van der Waals surface area contributed by atoms with Gasteiger partial charge in [-0.15, -0.1) is 0 Å². The van der Waals surface area contributed by atoms with Crippen molar-refractivity contribution >= 4 is 74.7 Å². The minimum absolute atomic E-state index is 0.728. The van der Waals surface area contributed by atoms with Crippen LogP contribution in [0.15, 0.2) is 218 Å². The number of anilines is 3. The fourth-order valence-corrected chi connectivity index (χ4v) is 30.3. The predicted molar refractivity (Wildman–Crippen MR) is 363 cm³/mol. The largest absolute Gasteiger partial charge is 0.310 e. The van der Waals surface area contributed by atoms with Crippen molar-refractivity contribution in [2.75, 3.05) is 4.90 Å². The van der Waals surface area contributed by atoms with Crippen LogP contribution in [0.2, 0.25) is 0 Å². The molecule has 0 N–H and O–H groups in total. The van der Waals surface area contributed by atoms with Crippen molar-refractivity contribution in [1.29, 1.82) is 0 Å². The van der Waals surface area contributed by atoms with E-state index in [4.69, 9.17) is 0 Å². The predicted octanol–water partition coefficient (Wildman–Crippen LogP) is 15.0. The van der Waals surface area contributed by atoms with Gasteiger partial charge in [0.25, 0.3) is 0 Å². The smallest absolute Gasteiger partial charge is 0.185 e. The average molecular weight is 1120 g/mol. The molecule has 85 heavy (non-hydrogen) atoms. The van der Waals surface area contributed by atoms with Crippen LogP contribution in [0.1, 0.15) is 72.3 Å². The zero-order chi connectivity index (χ0) is 57.3. The number of rotatable bonds is 3. The van der Waals surface area contributed by atoms with E-state index in [1.807, 2.05) is 0 Å². The highest BCUT2D eigenvalue weighted by Crippen LogP contribution is 2.66. The van der Waals surface area contributed by atoms with E-state index < -0.39 is 21.6 Å². The van der Waals surface area contributed by atoms with Crippen molar-refractivity contribution in [3.8, 4) is 66.8 Å². The van der Waals surface area contributed by atoms with Gasteiger partial charge in [0.1, 0.15) is 0 Å². The van der Waals surface area contributed by atoms with Crippen molar-refractivity contribution in [3.63, 3.8) is 0 Å². The molecule has 0 amide bonds. The third-order valence-corrected chi connectivity index (χ3v) is 30.9. The van der Waals surface area contributed by atoms with Crippen molar-refractivity contribution < 1.29 is 0 Å². The summed E-state index contributed by atoms with van der Waals surface area (Å²) in [4.78, 5) is 2.94. The zero-order valence-corrected chi connectivity index (χ0v) is 51.7. The molecular formula is C82H63NSi2. The molecule has 0 aromatic heterocycles. The van der Waals surface area contributed by atoms with Gasteiger partial charge in [0.15, 0.2) is 16.1 Å². The van der Waals surface area contributed by atoms with Crippen molar-refractivity contribution in [2.24, 2.45) is 0 Å². The molecule has 5 aliphatic heterocycles. The Morgan fingerprint density at radius 3 is 0.824 bits per heavy atom. The van der Waals surface area contributed by atoms with Crippen LogP contribution in [-0.4, -0.2) is 16.1 Å². The molecule has 12 aromatic carbocycles. The van der Waals surface area contributed by atoms with E-state index >= 15 is 0 Å². The van der Waals surface area contributed by atoms with E-state index in [-0.39, 0.29) is 0 Å². The Bertz CT molecular complexity index is 4300. The van der Waals surface area contributed by atoms with Gasteiger partial charge in [-0.2, -0.15) is 0 Å². The van der Waals surface area contributed by atoms with Crippen LogP contribution < -0.4 is 46.4 Å². The van der Waals surface area contributed by atoms with E-state index in [1.165, 1.54) is 198 Å². The molecule has 1 nitrogen and oxygen atoms in total. The first-order valence-electron chi connectivity index (χ1n) is 30.6. The Hall–Kier alpha value is -9.13. The summed E-state index contributed by atoms with van der Waals surface area (Å²) in [7, 11) is -6.81. The molecule has 6 aliphatic rings. The van der Waals surface area contributed by atoms with Crippen molar-refractivity contribution in [2.45, 2.75) is 67.7 Å². The Labute approximate surface area is 501 Å². The number of fused-ring (bicyclic) bond motifs is 21. The number of hydrogen-bond donors (Lipinski definition) is 0. The molecule has 0 saturated heterocycles. The van der Waals surface area contributed by atoms with E-state index in [0.717, 1.165) is 0 Å². The fraction of sp³-hybridized carbons (Fsp3) is 0.122. The fourth-order valence-electron chi connectivity index (χ4n) is 18.9. The van der Waals surface area contributed by atoms with Crippen LogP contribution in [0.4, 0.5) is 17.1 Å². The summed E-state index contributed by atoms with van der Waals surface area (Å²) in [6.45, 7) is 20.9. The van der Waals surface area contributed by atoms with Gasteiger partial charge in [0, 0.05) is 5.69 Å². The van der Waals surface area contributed by atoms with E-state index in [0.29, 0.717) is 0 Å². The van der Waals surface area contributed by atoms with Crippen LogP contribution in [0.5, 0.6) is 0 Å². The number of aryl methyl sites for hydroxylation is 9. The lowest BCUT2D eigenvalue weighted by Crippen LogP contribution is -2.81. The molecule has 0 bridgehead atoms. The second kappa shape index (κ2) is 16.8. The monoisotopic (exact) mass is 1120 g/mol. The number of benzene rings is 12. The van der Waals surface area contributed by atoms with Gasteiger partial charge < -0.3 is 4.90 Å². The van der Waals surface area contributed by atoms with E-state index in [9.17, 15) is 0 Å². The van der Waals surface area contributed by atoms with Gasteiger partial charge in [-0.05, 0) is 238 Å². The van der Waals surface area contributed by atoms with Crippen molar-refractivity contribution in [3.05, 3.63) is 291 Å². The second-order valence-corrected chi connectivity index (χ2v) is 33.2. The topological polar surface area (TPSA) is 3.24 Å². The molecule has 5 heterocycles. The molecule has 0 radical (unpaired) electrons. The van der Waals surface area contributed by atoms with Gasteiger partial charge in [-0.3, -0.25) is 0 Å². The third kappa shape index (κ3) is 5.84. The summed E-state index contributed by atoms with van der Waals surface area (Å²) < 4.78 is 0. The van der Waals surface area contributed by atoms with Gasteiger partial charge in [0.05, 0.1) is 16.8 Å². The first-order valence-corrected chi connectivity index (χ1v) is 34.6. The van der Waals surface area contributed by atoms with Gasteiger partial charge in [0.2, 0.25) is 0 Å². The maximum absolute atomic E-state index is 3.41. The average Bonchev–Trinajstić information content (AvgIpc) is 1.63. The van der Waals surface area contributed by atoms with E-state index in [2.05, 4.69) is 286 Å². The Morgan fingerprint density at radius 1 is 0.247 bits per heavy atom. The van der Waals surface area contributed by atoms with Crippen molar-refractivity contribution in [1.82, 2.24) is 0 Å². The molecule has 0 saturated carbocycles. The van der Waals surface area contributed by atoms with Crippen LogP contribution in [-0.2, 0) is 5.41 Å². The summed E-state index contributed by atoms with van der Waals surface area (Å²) in [5, 5.41) is 12.0. The molecular weight excluding hydrogens is 1060 g/mol. The molecule has 18 rings (SSSR count). The molecule has 0 fully saturated rings. The summed E-state index contributed by atoms with van der Waals surface area (Å²) in [6.07, 6.45) is 0. The molecule has 3 spiro atoms. The third-order valence-electron chi connectivity index (χ3n) is 21.2. The Morgan fingerprint density at radius 2 is 0.506 bits per heavy atom. The van der Waals surface area contributed by atoms with Crippen LogP contribution in [0, 0.1) is 62.3 Å². The van der Waals surface area contributed by atoms with Gasteiger partial charge >= 0.3 is 0 Å². The Balaban J connectivity index is 1.16. The number of nitrogens with zero attached hydrogens (tertiary/aromatic N) is 1. The van der Waals surface area contributed by atoms with Crippen LogP contribution in [0.3, 0.4) is 0 Å². The van der Waals surface area contributed by atoms with Gasteiger partial charge in [-0.1, -0.05) is 223 Å². The second-order valence-electron chi connectivity index (χ2n) is 25.9. The Kier molecular flexibility index (Phi) is 9.76. The maximum atomic E-state index is 2.94. The SMILES string of the molecule is Cc1cc(C)c(-c2cc3c4c(c2)[Si]2(c5ccccc5-c5ccccc52)c2cc(-c5c(C)cc(C)cc5C)cc5c2N4c2c(cc(-c4c(C)cc(C)cc4C)cc2[Si]52c4ccccc4-c4ccccc42)C32c3ccccc3-c3ccccc32)c(C)c1. The van der Waals surface area contributed by atoms with E-state index in [1.54, 1.807) is 0 Å². The van der Waals surface area contributed by atoms with Crippen LogP contribution in [0.25, 0.3) is 66.8 Å². The quantitative estimate of drug-likeness (QED) is 0.159. The molecule has 3 heteroatoms. The lowest BCUT2D eigenvalue weighted by Gasteiger charge is -2.57. The standard InChI is InChI=1S/C82H63NSi2/c1-46-34-49(4)76(50(5)35-46)55-40-66-79-72(42-55)84(68-30-18-12-24-60(68)61-25-13-19-31-69(61)84)74-44-57(78-53(8)38-48(3)39-54(78)9)45-75-81(74)83(79)80-67(82(66)64-28-16-10-22-58(64)59-23-11-17-29-65(59)82)41-56(77-51(6)36-47(2)37-52(77)7)43-73(80)85(75)70-32-20-14-26-62(70)63-27-15-21-33-71(63)85/h10-45H,1-9H3. The summed E-state index contributed by atoms with van der Waals surface area (Å²) in [6, 6.07) is 88.8. The first-order chi connectivity index (χ1) is 41.4. The molecule has 404 valence electrons.